The lowest BCUT2D eigenvalue weighted by molar-refractivity contribution is -0.385. The van der Waals surface area contributed by atoms with Crippen LogP contribution in [0.5, 0.6) is 5.75 Å². The summed E-state index contributed by atoms with van der Waals surface area (Å²) in [4.78, 5) is 10.6. The van der Waals surface area contributed by atoms with Gasteiger partial charge in [0, 0.05) is 33.9 Å². The lowest BCUT2D eigenvalue weighted by Crippen LogP contribution is -2.03. The summed E-state index contributed by atoms with van der Waals surface area (Å²) in [6.45, 7) is 0.288. The third-order valence-corrected chi connectivity index (χ3v) is 3.52. The maximum atomic E-state index is 11.0. The number of nitro benzene ring substituents is 1. The van der Waals surface area contributed by atoms with Gasteiger partial charge in [0.25, 0.3) is 5.69 Å². The number of anilines is 1. The number of nitrogens with one attached hydrogen (secondary N) is 1. The van der Waals surface area contributed by atoms with Gasteiger partial charge in [0.15, 0.2) is 0 Å². The number of hydrogen-bond acceptors (Lipinski definition) is 4. The SMILES string of the molecule is COc1cc(Br)cc(NCc2cc(Cl)ccc2[N+](=O)[O-])c1. The summed E-state index contributed by atoms with van der Waals surface area (Å²) in [6.07, 6.45) is 0. The first-order chi connectivity index (χ1) is 9.99. The fraction of sp³-hybridized carbons (Fsp3) is 0.143. The van der Waals surface area contributed by atoms with Gasteiger partial charge < -0.3 is 10.1 Å². The minimum atomic E-state index is -0.422. The van der Waals surface area contributed by atoms with Gasteiger partial charge in [0.1, 0.15) is 5.75 Å². The minimum absolute atomic E-state index is 0.0360. The smallest absolute Gasteiger partial charge is 0.274 e. The molecule has 0 unspecified atom stereocenters. The van der Waals surface area contributed by atoms with Crippen LogP contribution in [-0.4, -0.2) is 12.0 Å². The lowest BCUT2D eigenvalue weighted by Gasteiger charge is -2.10. The number of nitro groups is 1. The summed E-state index contributed by atoms with van der Waals surface area (Å²) in [6, 6.07) is 9.99. The fourth-order valence-corrected chi connectivity index (χ4v) is 2.52. The van der Waals surface area contributed by atoms with Crippen LogP contribution >= 0.6 is 27.5 Å². The molecular weight excluding hydrogens is 360 g/mol. The molecule has 2 aromatic rings. The summed E-state index contributed by atoms with van der Waals surface area (Å²) >= 11 is 9.28. The molecule has 21 heavy (non-hydrogen) atoms. The number of halogens is 2. The number of rotatable bonds is 5. The molecule has 2 rings (SSSR count). The van der Waals surface area contributed by atoms with Crippen molar-refractivity contribution in [2.45, 2.75) is 6.54 Å². The molecule has 0 aliphatic heterocycles. The summed E-state index contributed by atoms with van der Waals surface area (Å²) in [7, 11) is 1.58. The highest BCUT2D eigenvalue weighted by molar-refractivity contribution is 9.10. The van der Waals surface area contributed by atoms with Crippen LogP contribution in [0.25, 0.3) is 0 Å². The minimum Gasteiger partial charge on any atom is -0.497 e. The van der Waals surface area contributed by atoms with Crippen molar-refractivity contribution in [2.75, 3.05) is 12.4 Å². The second kappa shape index (κ2) is 6.78. The van der Waals surface area contributed by atoms with E-state index in [0.29, 0.717) is 16.3 Å². The molecule has 110 valence electrons. The first kappa shape index (κ1) is 15.6. The van der Waals surface area contributed by atoms with Crippen molar-refractivity contribution in [3.8, 4) is 5.75 Å². The Morgan fingerprint density at radius 3 is 2.76 bits per heavy atom. The zero-order chi connectivity index (χ0) is 15.4. The number of methoxy groups -OCH3 is 1. The summed E-state index contributed by atoms with van der Waals surface area (Å²) < 4.78 is 6.02. The van der Waals surface area contributed by atoms with Gasteiger partial charge in [-0.25, -0.2) is 0 Å². The molecule has 2 aromatic carbocycles. The van der Waals surface area contributed by atoms with E-state index < -0.39 is 4.92 Å². The zero-order valence-electron chi connectivity index (χ0n) is 11.1. The Kier molecular flexibility index (Phi) is 5.03. The van der Waals surface area contributed by atoms with Crippen LogP contribution in [0.2, 0.25) is 5.02 Å². The van der Waals surface area contributed by atoms with Gasteiger partial charge in [-0.15, -0.1) is 0 Å². The third kappa shape index (κ3) is 4.09. The van der Waals surface area contributed by atoms with Gasteiger partial charge in [0.05, 0.1) is 17.6 Å². The average molecular weight is 372 g/mol. The quantitative estimate of drug-likeness (QED) is 0.614. The van der Waals surface area contributed by atoms with Gasteiger partial charge in [-0.05, 0) is 24.3 Å². The van der Waals surface area contributed by atoms with E-state index >= 15 is 0 Å². The first-order valence-electron chi connectivity index (χ1n) is 6.01. The molecule has 0 aromatic heterocycles. The molecule has 0 aliphatic carbocycles. The van der Waals surface area contributed by atoms with E-state index in [4.69, 9.17) is 16.3 Å². The molecule has 0 fully saturated rings. The molecule has 1 N–H and O–H groups in total. The maximum absolute atomic E-state index is 11.0. The Balaban J connectivity index is 2.22. The average Bonchev–Trinajstić information content (AvgIpc) is 2.44. The molecule has 0 saturated carbocycles. The van der Waals surface area contributed by atoms with E-state index in [1.165, 1.54) is 12.1 Å². The highest BCUT2D eigenvalue weighted by Crippen LogP contribution is 2.27. The van der Waals surface area contributed by atoms with Crippen molar-refractivity contribution >= 4 is 38.9 Å². The molecule has 0 aliphatic rings. The molecule has 0 saturated heterocycles. The lowest BCUT2D eigenvalue weighted by atomic mass is 10.1. The largest absolute Gasteiger partial charge is 0.497 e. The van der Waals surface area contributed by atoms with Gasteiger partial charge in [-0.2, -0.15) is 0 Å². The number of ether oxygens (including phenoxy) is 1. The molecule has 7 heteroatoms. The Labute approximate surface area is 135 Å². The Hall–Kier alpha value is -1.79. The van der Waals surface area contributed by atoms with Gasteiger partial charge in [-0.1, -0.05) is 27.5 Å². The number of nitrogens with zero attached hydrogens (tertiary/aromatic N) is 1. The Morgan fingerprint density at radius 1 is 1.33 bits per heavy atom. The van der Waals surface area contributed by atoms with Crippen molar-refractivity contribution in [3.05, 3.63) is 61.6 Å². The molecule has 0 atom stereocenters. The van der Waals surface area contributed by atoms with Gasteiger partial charge >= 0.3 is 0 Å². The number of benzene rings is 2. The molecule has 0 amide bonds. The van der Waals surface area contributed by atoms with Crippen LogP contribution in [0, 0.1) is 10.1 Å². The van der Waals surface area contributed by atoms with Crippen molar-refractivity contribution in [3.63, 3.8) is 0 Å². The highest BCUT2D eigenvalue weighted by Gasteiger charge is 2.13. The fourth-order valence-electron chi connectivity index (χ4n) is 1.85. The molecule has 0 heterocycles. The van der Waals surface area contributed by atoms with E-state index in [1.807, 2.05) is 12.1 Å². The van der Waals surface area contributed by atoms with Crippen LogP contribution in [-0.2, 0) is 6.54 Å². The first-order valence-corrected chi connectivity index (χ1v) is 7.18. The van der Waals surface area contributed by atoms with E-state index in [-0.39, 0.29) is 12.2 Å². The van der Waals surface area contributed by atoms with Crippen molar-refractivity contribution in [1.29, 1.82) is 0 Å². The third-order valence-electron chi connectivity index (χ3n) is 2.83. The second-order valence-electron chi connectivity index (χ2n) is 4.26. The zero-order valence-corrected chi connectivity index (χ0v) is 13.4. The molecular formula is C14H12BrClN2O3. The van der Waals surface area contributed by atoms with Crippen LogP contribution in [0.4, 0.5) is 11.4 Å². The highest BCUT2D eigenvalue weighted by atomic mass is 79.9. The van der Waals surface area contributed by atoms with Crippen LogP contribution < -0.4 is 10.1 Å². The van der Waals surface area contributed by atoms with E-state index in [0.717, 1.165) is 10.2 Å². The predicted molar refractivity (Wildman–Crippen MR) is 86.1 cm³/mol. The van der Waals surface area contributed by atoms with Crippen molar-refractivity contribution in [1.82, 2.24) is 0 Å². The molecule has 5 nitrogen and oxygen atoms in total. The van der Waals surface area contributed by atoms with Crippen LogP contribution in [0.15, 0.2) is 40.9 Å². The molecule has 0 spiro atoms. The monoisotopic (exact) mass is 370 g/mol. The summed E-state index contributed by atoms with van der Waals surface area (Å²) in [5.41, 5.74) is 1.34. The van der Waals surface area contributed by atoms with E-state index in [9.17, 15) is 10.1 Å². The standard InChI is InChI=1S/C14H12BrClN2O3/c1-21-13-6-10(15)5-12(7-13)17-8-9-4-11(16)2-3-14(9)18(19)20/h2-7,17H,8H2,1H3. The molecule has 0 radical (unpaired) electrons. The van der Waals surface area contributed by atoms with Crippen LogP contribution in [0.1, 0.15) is 5.56 Å². The normalized spacial score (nSPS) is 10.2. The van der Waals surface area contributed by atoms with E-state index in [2.05, 4.69) is 21.2 Å². The Morgan fingerprint density at radius 2 is 2.10 bits per heavy atom. The topological polar surface area (TPSA) is 64.4 Å². The summed E-state index contributed by atoms with van der Waals surface area (Å²) in [5.74, 6) is 0.687. The van der Waals surface area contributed by atoms with Crippen molar-refractivity contribution < 1.29 is 9.66 Å². The van der Waals surface area contributed by atoms with Crippen molar-refractivity contribution in [2.24, 2.45) is 0 Å². The predicted octanol–water partition coefficient (Wildman–Crippen LogP) is 4.63. The number of hydrogen-bond donors (Lipinski definition) is 1. The van der Waals surface area contributed by atoms with E-state index in [1.54, 1.807) is 19.2 Å². The van der Waals surface area contributed by atoms with Gasteiger partial charge in [-0.3, -0.25) is 10.1 Å². The second-order valence-corrected chi connectivity index (χ2v) is 5.62. The van der Waals surface area contributed by atoms with Crippen LogP contribution in [0.3, 0.4) is 0 Å². The Bertz CT molecular complexity index is 679. The van der Waals surface area contributed by atoms with Gasteiger partial charge in [0.2, 0.25) is 0 Å². The molecule has 0 bridgehead atoms. The summed E-state index contributed by atoms with van der Waals surface area (Å²) in [5, 5.41) is 14.6. The maximum Gasteiger partial charge on any atom is 0.274 e.